The van der Waals surface area contributed by atoms with Gasteiger partial charge < -0.3 is 14.5 Å². The summed E-state index contributed by atoms with van der Waals surface area (Å²) < 4.78 is 5.61. The zero-order valence-corrected chi connectivity index (χ0v) is 19.0. The Morgan fingerprint density at radius 3 is 2.32 bits per heavy atom. The predicted molar refractivity (Wildman–Crippen MR) is 125 cm³/mol. The van der Waals surface area contributed by atoms with Gasteiger partial charge in [-0.15, -0.1) is 0 Å². The normalized spacial score (nSPS) is 16.6. The van der Waals surface area contributed by atoms with E-state index in [2.05, 4.69) is 57.2 Å². The monoisotopic (exact) mass is 422 g/mol. The number of likely N-dealkylation sites (N-methyl/N-ethyl adjacent to an activating group) is 1. The first-order valence-corrected chi connectivity index (χ1v) is 11.2. The van der Waals surface area contributed by atoms with Crippen LogP contribution >= 0.6 is 0 Å². The molecule has 31 heavy (non-hydrogen) atoms. The van der Waals surface area contributed by atoms with E-state index in [9.17, 15) is 4.79 Å². The lowest BCUT2D eigenvalue weighted by atomic mass is 10.1. The number of rotatable bonds is 7. The molecule has 0 radical (unpaired) electrons. The Hall–Kier alpha value is -2.57. The number of piperazine rings is 1. The van der Waals surface area contributed by atoms with Crippen molar-refractivity contribution in [2.75, 3.05) is 65.4 Å². The average Bonchev–Trinajstić information content (AvgIpc) is 3.23. The number of carbonyl (C=O) groups is 1. The van der Waals surface area contributed by atoms with Crippen LogP contribution in [0.5, 0.6) is 5.75 Å². The summed E-state index contributed by atoms with van der Waals surface area (Å²) in [6.45, 7) is 6.79. The van der Waals surface area contributed by atoms with Gasteiger partial charge in [-0.2, -0.15) is 0 Å². The maximum atomic E-state index is 12.7. The zero-order chi connectivity index (χ0) is 21.8. The highest BCUT2D eigenvalue weighted by Gasteiger charge is 2.21. The summed E-state index contributed by atoms with van der Waals surface area (Å²) in [5.74, 6) is 1.23. The molecule has 6 heteroatoms. The van der Waals surface area contributed by atoms with E-state index in [-0.39, 0.29) is 5.91 Å². The molecule has 0 unspecified atom stereocenters. The smallest absolute Gasteiger partial charge is 0.236 e. The van der Waals surface area contributed by atoms with Crippen LogP contribution in [0.4, 0.5) is 5.69 Å². The van der Waals surface area contributed by atoms with E-state index in [4.69, 9.17) is 4.74 Å². The number of nitrogens with zero attached hydrogens (tertiary/aromatic N) is 4. The Balaban J connectivity index is 1.21. The van der Waals surface area contributed by atoms with Crippen LogP contribution in [0.1, 0.15) is 16.7 Å². The third-order valence-electron chi connectivity index (χ3n) is 6.28. The third kappa shape index (κ3) is 5.57. The molecule has 2 aliphatic heterocycles. The van der Waals surface area contributed by atoms with E-state index in [0.717, 1.165) is 57.1 Å². The van der Waals surface area contributed by atoms with Crippen molar-refractivity contribution in [2.45, 2.75) is 19.5 Å². The first kappa shape index (κ1) is 21.7. The highest BCUT2D eigenvalue weighted by molar-refractivity contribution is 5.78. The predicted octanol–water partition coefficient (Wildman–Crippen LogP) is 2.46. The summed E-state index contributed by atoms with van der Waals surface area (Å²) >= 11 is 0. The van der Waals surface area contributed by atoms with Crippen LogP contribution in [0.3, 0.4) is 0 Å². The van der Waals surface area contributed by atoms with Gasteiger partial charge in [0, 0.05) is 72.5 Å². The van der Waals surface area contributed by atoms with Crippen LogP contribution in [0.2, 0.25) is 0 Å². The molecule has 0 aliphatic carbocycles. The van der Waals surface area contributed by atoms with E-state index < -0.39 is 0 Å². The Morgan fingerprint density at radius 2 is 1.61 bits per heavy atom. The molecule has 2 aliphatic rings. The summed E-state index contributed by atoms with van der Waals surface area (Å²) in [5, 5.41) is 0. The first-order valence-electron chi connectivity index (χ1n) is 11.2. The van der Waals surface area contributed by atoms with E-state index in [1.165, 1.54) is 16.8 Å². The second-order valence-electron chi connectivity index (χ2n) is 8.90. The molecular weight excluding hydrogens is 388 g/mol. The molecule has 0 saturated carbocycles. The number of amides is 1. The van der Waals surface area contributed by atoms with Crippen molar-refractivity contribution >= 4 is 11.6 Å². The van der Waals surface area contributed by atoms with Crippen LogP contribution in [0.15, 0.2) is 42.5 Å². The molecule has 0 spiro atoms. The summed E-state index contributed by atoms with van der Waals surface area (Å²) in [4.78, 5) is 21.4. The highest BCUT2D eigenvalue weighted by Crippen LogP contribution is 2.26. The molecule has 0 aromatic heterocycles. The van der Waals surface area contributed by atoms with Gasteiger partial charge in [-0.1, -0.05) is 24.3 Å². The fourth-order valence-corrected chi connectivity index (χ4v) is 4.28. The number of benzene rings is 2. The fraction of sp³-hybridized carbons (Fsp3) is 0.480. The molecule has 1 amide bonds. The molecular formula is C25H34N4O2. The lowest BCUT2D eigenvalue weighted by Crippen LogP contribution is -2.49. The minimum atomic E-state index is 0.184. The zero-order valence-electron chi connectivity index (χ0n) is 19.0. The van der Waals surface area contributed by atoms with Gasteiger partial charge in [-0.05, 0) is 34.9 Å². The van der Waals surface area contributed by atoms with Crippen LogP contribution < -0.4 is 9.64 Å². The first-order chi connectivity index (χ1) is 15.0. The van der Waals surface area contributed by atoms with Crippen LogP contribution in [0, 0.1) is 0 Å². The maximum absolute atomic E-state index is 12.7. The summed E-state index contributed by atoms with van der Waals surface area (Å²) in [6, 6.07) is 15.0. The molecule has 0 N–H and O–H groups in total. The number of ether oxygens (including phenoxy) is 1. The standard InChI is InChI=1S/C25H34N4O2/c1-26(2)23-7-4-20(5-8-23)17-27(3)25(30)19-29-13-11-28(12-14-29)18-21-6-9-24-22(16-21)10-15-31-24/h4-9,16H,10-15,17-19H2,1-3H3. The molecule has 1 saturated heterocycles. The number of carbonyl (C=O) groups excluding carboxylic acids is 1. The lowest BCUT2D eigenvalue weighted by Gasteiger charge is -2.35. The van der Waals surface area contributed by atoms with Gasteiger partial charge in [0.05, 0.1) is 13.2 Å². The summed E-state index contributed by atoms with van der Waals surface area (Å²) in [7, 11) is 5.96. The van der Waals surface area contributed by atoms with Crippen molar-refractivity contribution in [1.29, 1.82) is 0 Å². The van der Waals surface area contributed by atoms with Gasteiger partial charge in [-0.25, -0.2) is 0 Å². The van der Waals surface area contributed by atoms with Gasteiger partial charge in [0.25, 0.3) is 0 Å². The van der Waals surface area contributed by atoms with E-state index >= 15 is 0 Å². The molecule has 4 rings (SSSR count). The average molecular weight is 423 g/mol. The molecule has 2 aromatic rings. The summed E-state index contributed by atoms with van der Waals surface area (Å²) in [5.41, 5.74) is 5.02. The fourth-order valence-electron chi connectivity index (χ4n) is 4.28. The Morgan fingerprint density at radius 1 is 0.935 bits per heavy atom. The van der Waals surface area contributed by atoms with Crippen molar-refractivity contribution in [3.63, 3.8) is 0 Å². The second kappa shape index (κ2) is 9.71. The molecule has 0 bridgehead atoms. The van der Waals surface area contributed by atoms with Crippen molar-refractivity contribution in [3.8, 4) is 5.75 Å². The van der Waals surface area contributed by atoms with Gasteiger partial charge in [0.1, 0.15) is 5.75 Å². The minimum Gasteiger partial charge on any atom is -0.493 e. The van der Waals surface area contributed by atoms with Crippen LogP contribution in [0.25, 0.3) is 0 Å². The quantitative estimate of drug-likeness (QED) is 0.686. The number of fused-ring (bicyclic) bond motifs is 1. The number of hydrogen-bond acceptors (Lipinski definition) is 5. The van der Waals surface area contributed by atoms with Crippen LogP contribution in [-0.2, 0) is 24.3 Å². The summed E-state index contributed by atoms with van der Waals surface area (Å²) in [6.07, 6.45) is 1.02. The molecule has 166 valence electrons. The van der Waals surface area contributed by atoms with Crippen molar-refractivity contribution in [2.24, 2.45) is 0 Å². The van der Waals surface area contributed by atoms with E-state index in [1.807, 2.05) is 26.0 Å². The topological polar surface area (TPSA) is 39.3 Å². The SMILES string of the molecule is CN(Cc1ccc(N(C)C)cc1)C(=O)CN1CCN(Cc2ccc3c(c2)CCO3)CC1. The second-order valence-corrected chi connectivity index (χ2v) is 8.90. The molecule has 6 nitrogen and oxygen atoms in total. The largest absolute Gasteiger partial charge is 0.493 e. The lowest BCUT2D eigenvalue weighted by molar-refractivity contribution is -0.132. The minimum absolute atomic E-state index is 0.184. The third-order valence-corrected chi connectivity index (χ3v) is 6.28. The molecule has 0 atom stereocenters. The van der Waals surface area contributed by atoms with E-state index in [1.54, 1.807) is 0 Å². The molecule has 2 heterocycles. The van der Waals surface area contributed by atoms with Crippen molar-refractivity contribution < 1.29 is 9.53 Å². The highest BCUT2D eigenvalue weighted by atomic mass is 16.5. The number of hydrogen-bond donors (Lipinski definition) is 0. The maximum Gasteiger partial charge on any atom is 0.236 e. The number of anilines is 1. The van der Waals surface area contributed by atoms with Crippen LogP contribution in [-0.4, -0.2) is 81.1 Å². The molecule has 2 aromatic carbocycles. The molecule has 1 fully saturated rings. The van der Waals surface area contributed by atoms with Gasteiger partial charge in [0.2, 0.25) is 5.91 Å². The van der Waals surface area contributed by atoms with Gasteiger partial charge in [-0.3, -0.25) is 14.6 Å². The Bertz CT molecular complexity index is 889. The Labute approximate surface area is 186 Å². The van der Waals surface area contributed by atoms with Crippen molar-refractivity contribution in [1.82, 2.24) is 14.7 Å². The van der Waals surface area contributed by atoms with Gasteiger partial charge in [0.15, 0.2) is 0 Å². The van der Waals surface area contributed by atoms with Crippen molar-refractivity contribution in [3.05, 3.63) is 59.2 Å². The van der Waals surface area contributed by atoms with Gasteiger partial charge >= 0.3 is 0 Å². The van der Waals surface area contributed by atoms with E-state index in [0.29, 0.717) is 13.1 Å². The Kier molecular flexibility index (Phi) is 6.78.